The molecule has 0 aromatic carbocycles. The van der Waals surface area contributed by atoms with Gasteiger partial charge in [0.15, 0.2) is 0 Å². The van der Waals surface area contributed by atoms with Gasteiger partial charge in [-0.25, -0.2) is 0 Å². The van der Waals surface area contributed by atoms with Crippen molar-refractivity contribution in [1.29, 1.82) is 0 Å². The maximum Gasteiger partial charge on any atom is 0.220 e. The number of carbonyl (C=O) groups excluding carboxylic acids is 1. The van der Waals surface area contributed by atoms with Crippen LogP contribution in [0.5, 0.6) is 0 Å². The maximum atomic E-state index is 11.7. The van der Waals surface area contributed by atoms with E-state index in [2.05, 4.69) is 17.6 Å². The summed E-state index contributed by atoms with van der Waals surface area (Å²) in [6, 6.07) is 0. The van der Waals surface area contributed by atoms with Crippen LogP contribution in [-0.4, -0.2) is 25.5 Å². The van der Waals surface area contributed by atoms with E-state index < -0.39 is 0 Å². The Morgan fingerprint density at radius 2 is 2.24 bits per heavy atom. The third-order valence-corrected chi connectivity index (χ3v) is 4.22. The Bertz CT molecular complexity index is 248. The Balaban J connectivity index is 0.00000144. The zero-order valence-electron chi connectivity index (χ0n) is 10.8. The minimum absolute atomic E-state index is 0. The number of hydrogen-bond acceptors (Lipinski definition) is 2. The number of nitrogens with one attached hydrogen (secondary N) is 2. The number of carbonyl (C=O) groups is 1. The van der Waals surface area contributed by atoms with Crippen molar-refractivity contribution in [2.75, 3.05) is 19.6 Å². The molecule has 0 bridgehead atoms. The van der Waals surface area contributed by atoms with Gasteiger partial charge in [-0.05, 0) is 50.1 Å². The molecule has 2 aliphatic rings. The second-order valence-corrected chi connectivity index (χ2v) is 5.84. The molecule has 2 fully saturated rings. The first-order chi connectivity index (χ1) is 7.68. The van der Waals surface area contributed by atoms with Gasteiger partial charge in [-0.2, -0.15) is 0 Å². The van der Waals surface area contributed by atoms with Crippen molar-refractivity contribution < 1.29 is 4.79 Å². The van der Waals surface area contributed by atoms with Crippen LogP contribution in [0.1, 0.15) is 45.4 Å². The Morgan fingerprint density at radius 1 is 1.47 bits per heavy atom. The van der Waals surface area contributed by atoms with Crippen LogP contribution in [0.15, 0.2) is 0 Å². The summed E-state index contributed by atoms with van der Waals surface area (Å²) in [5.74, 6) is 0.977. The highest BCUT2D eigenvalue weighted by Crippen LogP contribution is 2.39. The van der Waals surface area contributed by atoms with E-state index in [1.54, 1.807) is 0 Å². The average Bonchev–Trinajstić information content (AvgIpc) is 2.73. The zero-order chi connectivity index (χ0) is 11.4. The molecule has 1 unspecified atom stereocenters. The van der Waals surface area contributed by atoms with Gasteiger partial charge >= 0.3 is 0 Å². The van der Waals surface area contributed by atoms with Gasteiger partial charge in [0.1, 0.15) is 0 Å². The summed E-state index contributed by atoms with van der Waals surface area (Å²) >= 11 is 0. The molecule has 1 aliphatic carbocycles. The van der Waals surface area contributed by atoms with Crippen LogP contribution < -0.4 is 10.6 Å². The third-order valence-electron chi connectivity index (χ3n) is 4.22. The summed E-state index contributed by atoms with van der Waals surface area (Å²) in [6.45, 7) is 5.39. The predicted molar refractivity (Wildman–Crippen MR) is 72.4 cm³/mol. The summed E-state index contributed by atoms with van der Waals surface area (Å²) < 4.78 is 0. The molecule has 1 saturated heterocycles. The second-order valence-electron chi connectivity index (χ2n) is 5.84. The zero-order valence-corrected chi connectivity index (χ0v) is 11.6. The van der Waals surface area contributed by atoms with E-state index >= 15 is 0 Å². The minimum Gasteiger partial charge on any atom is -0.356 e. The van der Waals surface area contributed by atoms with Gasteiger partial charge in [0.25, 0.3) is 0 Å². The van der Waals surface area contributed by atoms with Gasteiger partial charge in [-0.3, -0.25) is 4.79 Å². The smallest absolute Gasteiger partial charge is 0.220 e. The first kappa shape index (κ1) is 14.8. The Hall–Kier alpha value is -0.280. The van der Waals surface area contributed by atoms with Gasteiger partial charge in [0, 0.05) is 13.0 Å². The molecule has 2 rings (SSSR count). The maximum absolute atomic E-state index is 11.7. The van der Waals surface area contributed by atoms with E-state index in [4.69, 9.17) is 0 Å². The van der Waals surface area contributed by atoms with Crippen LogP contribution >= 0.6 is 12.4 Å². The first-order valence-corrected chi connectivity index (χ1v) is 6.65. The van der Waals surface area contributed by atoms with Crippen LogP contribution in [0.3, 0.4) is 0 Å². The second kappa shape index (κ2) is 6.60. The third kappa shape index (κ3) is 4.47. The van der Waals surface area contributed by atoms with Crippen LogP contribution in [0.4, 0.5) is 0 Å². The van der Waals surface area contributed by atoms with Gasteiger partial charge in [0.2, 0.25) is 5.91 Å². The lowest BCUT2D eigenvalue weighted by Gasteiger charge is -2.38. The molecule has 1 amide bonds. The lowest BCUT2D eigenvalue weighted by molar-refractivity contribution is -0.122. The quantitative estimate of drug-likeness (QED) is 0.795. The topological polar surface area (TPSA) is 41.1 Å². The molecular weight excluding hydrogens is 236 g/mol. The van der Waals surface area contributed by atoms with Crippen molar-refractivity contribution in [3.63, 3.8) is 0 Å². The summed E-state index contributed by atoms with van der Waals surface area (Å²) in [6.07, 6.45) is 6.89. The highest BCUT2D eigenvalue weighted by atomic mass is 35.5. The first-order valence-electron chi connectivity index (χ1n) is 6.65. The molecule has 17 heavy (non-hydrogen) atoms. The molecule has 2 N–H and O–H groups in total. The van der Waals surface area contributed by atoms with Gasteiger partial charge in [0.05, 0.1) is 0 Å². The molecule has 100 valence electrons. The fourth-order valence-corrected chi connectivity index (χ4v) is 2.65. The summed E-state index contributed by atoms with van der Waals surface area (Å²) in [7, 11) is 0. The molecule has 0 radical (unpaired) electrons. The van der Waals surface area contributed by atoms with Gasteiger partial charge in [-0.15, -0.1) is 12.4 Å². The van der Waals surface area contributed by atoms with Crippen LogP contribution in [0.2, 0.25) is 0 Å². The predicted octanol–water partition coefficient (Wildman–Crippen LogP) is 2.10. The average molecular weight is 261 g/mol. The van der Waals surface area contributed by atoms with Crippen molar-refractivity contribution in [1.82, 2.24) is 10.6 Å². The van der Waals surface area contributed by atoms with Crippen molar-refractivity contribution >= 4 is 18.3 Å². The van der Waals surface area contributed by atoms with Crippen molar-refractivity contribution in [3.8, 4) is 0 Å². The summed E-state index contributed by atoms with van der Waals surface area (Å²) in [4.78, 5) is 11.7. The van der Waals surface area contributed by atoms with Crippen LogP contribution in [0.25, 0.3) is 0 Å². The molecule has 1 atom stereocenters. The van der Waals surface area contributed by atoms with E-state index in [-0.39, 0.29) is 18.3 Å². The largest absolute Gasteiger partial charge is 0.356 e. The highest BCUT2D eigenvalue weighted by molar-refractivity contribution is 5.85. The summed E-state index contributed by atoms with van der Waals surface area (Å²) in [5, 5.41) is 6.43. The fraction of sp³-hybridized carbons (Fsp3) is 0.923. The van der Waals surface area contributed by atoms with E-state index in [1.807, 2.05) is 0 Å². The number of rotatable bonds is 5. The molecule has 3 nitrogen and oxygen atoms in total. The molecule has 0 aromatic rings. The number of hydrogen-bond donors (Lipinski definition) is 2. The Labute approximate surface area is 111 Å². The highest BCUT2D eigenvalue weighted by Gasteiger charge is 2.31. The molecule has 0 aromatic heterocycles. The number of amides is 1. The normalized spacial score (nSPS) is 25.8. The molecule has 1 saturated carbocycles. The van der Waals surface area contributed by atoms with Gasteiger partial charge in [-0.1, -0.05) is 13.3 Å². The minimum atomic E-state index is 0. The molecular formula is C13H25ClN2O. The Kier molecular flexibility index (Phi) is 5.74. The lowest BCUT2D eigenvalue weighted by atomic mass is 9.70. The fourth-order valence-electron chi connectivity index (χ4n) is 2.65. The summed E-state index contributed by atoms with van der Waals surface area (Å²) in [5.41, 5.74) is 0.407. The van der Waals surface area contributed by atoms with Crippen LogP contribution in [-0.2, 0) is 4.79 Å². The molecule has 0 spiro atoms. The van der Waals surface area contributed by atoms with E-state index in [1.165, 1.54) is 25.7 Å². The van der Waals surface area contributed by atoms with Crippen LogP contribution in [0, 0.1) is 11.3 Å². The molecule has 1 aliphatic heterocycles. The SMILES string of the molecule is CC1(CNC(=O)CCC2CCNC2)CCC1.Cl. The molecule has 4 heteroatoms. The van der Waals surface area contributed by atoms with E-state index in [0.717, 1.165) is 32.0 Å². The monoisotopic (exact) mass is 260 g/mol. The Morgan fingerprint density at radius 3 is 2.76 bits per heavy atom. The van der Waals surface area contributed by atoms with E-state index in [9.17, 15) is 4.79 Å². The van der Waals surface area contributed by atoms with E-state index in [0.29, 0.717) is 11.8 Å². The van der Waals surface area contributed by atoms with Crippen molar-refractivity contribution in [2.24, 2.45) is 11.3 Å². The lowest BCUT2D eigenvalue weighted by Crippen LogP contribution is -2.40. The van der Waals surface area contributed by atoms with Crippen molar-refractivity contribution in [3.05, 3.63) is 0 Å². The molecule has 1 heterocycles. The van der Waals surface area contributed by atoms with Gasteiger partial charge < -0.3 is 10.6 Å². The number of halogens is 1. The van der Waals surface area contributed by atoms with Crippen molar-refractivity contribution in [2.45, 2.75) is 45.4 Å². The standard InChI is InChI=1S/C13H24N2O.ClH/c1-13(6-2-7-13)10-15-12(16)4-3-11-5-8-14-9-11;/h11,14H,2-10H2,1H3,(H,15,16);1H.